The largest absolute Gasteiger partial charge is 0.490 e. The third-order valence-electron chi connectivity index (χ3n) is 3.27. The van der Waals surface area contributed by atoms with E-state index in [1.807, 2.05) is 30.3 Å². The lowest BCUT2D eigenvalue weighted by molar-refractivity contribution is -0.385. The van der Waals surface area contributed by atoms with Gasteiger partial charge in [-0.2, -0.15) is 0 Å². The highest BCUT2D eigenvalue weighted by Crippen LogP contribution is 2.38. The molecule has 0 bridgehead atoms. The van der Waals surface area contributed by atoms with Crippen molar-refractivity contribution in [3.63, 3.8) is 0 Å². The molecule has 0 saturated heterocycles. The molecule has 2 rings (SSSR count). The minimum atomic E-state index is -0.533. The Balaban J connectivity index is 2.67. The van der Waals surface area contributed by atoms with Crippen molar-refractivity contribution in [3.05, 3.63) is 58.1 Å². The highest BCUT2D eigenvalue weighted by atomic mass is 16.6. The first kappa shape index (κ1) is 15.5. The maximum Gasteiger partial charge on any atom is 0.311 e. The summed E-state index contributed by atoms with van der Waals surface area (Å²) < 4.78 is 9.88. The van der Waals surface area contributed by atoms with Gasteiger partial charge in [-0.3, -0.25) is 14.9 Å². The molecule has 0 aliphatic rings. The van der Waals surface area contributed by atoms with Crippen molar-refractivity contribution < 1.29 is 19.2 Å². The second-order valence-electron chi connectivity index (χ2n) is 4.52. The first-order valence-electron chi connectivity index (χ1n) is 6.55. The first-order valence-corrected chi connectivity index (χ1v) is 6.55. The summed E-state index contributed by atoms with van der Waals surface area (Å²) in [7, 11) is 2.62. The number of benzene rings is 2. The summed E-state index contributed by atoms with van der Waals surface area (Å²) in [6, 6.07) is 12.3. The van der Waals surface area contributed by atoms with Gasteiger partial charge in [0, 0.05) is 11.6 Å². The highest BCUT2D eigenvalue weighted by molar-refractivity contribution is 5.81. The number of rotatable bonds is 5. The molecule has 6 heteroatoms. The maximum atomic E-state index is 11.7. The Morgan fingerprint density at radius 1 is 1.14 bits per heavy atom. The van der Waals surface area contributed by atoms with E-state index in [-0.39, 0.29) is 17.9 Å². The summed E-state index contributed by atoms with van der Waals surface area (Å²) in [4.78, 5) is 22.3. The van der Waals surface area contributed by atoms with E-state index >= 15 is 0 Å². The van der Waals surface area contributed by atoms with Crippen LogP contribution in [0.1, 0.15) is 5.56 Å². The van der Waals surface area contributed by atoms with E-state index < -0.39 is 10.9 Å². The predicted molar refractivity (Wildman–Crippen MR) is 80.8 cm³/mol. The van der Waals surface area contributed by atoms with Gasteiger partial charge in [0.1, 0.15) is 0 Å². The lowest BCUT2D eigenvalue weighted by Crippen LogP contribution is -2.08. The number of esters is 1. The molecule has 0 aromatic heterocycles. The van der Waals surface area contributed by atoms with Gasteiger partial charge in [-0.05, 0) is 17.2 Å². The van der Waals surface area contributed by atoms with Crippen LogP contribution >= 0.6 is 0 Å². The third-order valence-corrected chi connectivity index (χ3v) is 3.27. The van der Waals surface area contributed by atoms with Gasteiger partial charge < -0.3 is 9.47 Å². The number of ether oxygens (including phenoxy) is 2. The molecule has 0 unspecified atom stereocenters. The molecule has 0 aliphatic heterocycles. The van der Waals surface area contributed by atoms with Crippen LogP contribution in [-0.4, -0.2) is 25.1 Å². The fraction of sp³-hybridized carbons (Fsp3) is 0.188. The second-order valence-corrected chi connectivity index (χ2v) is 4.52. The van der Waals surface area contributed by atoms with Crippen molar-refractivity contribution in [2.75, 3.05) is 14.2 Å². The number of methoxy groups -OCH3 is 2. The molecule has 0 amide bonds. The molecular formula is C16H15NO5. The molecule has 0 aliphatic carbocycles. The summed E-state index contributed by atoms with van der Waals surface area (Å²) >= 11 is 0. The normalized spacial score (nSPS) is 10.1. The number of carbonyl (C=O) groups excluding carboxylic acids is 1. The van der Waals surface area contributed by atoms with Gasteiger partial charge in [-0.25, -0.2) is 0 Å². The Morgan fingerprint density at radius 3 is 2.36 bits per heavy atom. The smallest absolute Gasteiger partial charge is 0.311 e. The summed E-state index contributed by atoms with van der Waals surface area (Å²) in [6.45, 7) is 0. The molecular weight excluding hydrogens is 286 g/mol. The van der Waals surface area contributed by atoms with Crippen molar-refractivity contribution in [1.82, 2.24) is 0 Å². The Hall–Kier alpha value is -2.89. The molecule has 114 valence electrons. The van der Waals surface area contributed by atoms with Gasteiger partial charge in [0.25, 0.3) is 0 Å². The van der Waals surface area contributed by atoms with E-state index in [4.69, 9.17) is 4.74 Å². The van der Waals surface area contributed by atoms with E-state index in [0.717, 1.165) is 5.56 Å². The van der Waals surface area contributed by atoms with Gasteiger partial charge in [-0.15, -0.1) is 0 Å². The van der Waals surface area contributed by atoms with Gasteiger partial charge in [0.15, 0.2) is 0 Å². The zero-order valence-corrected chi connectivity index (χ0v) is 12.2. The van der Waals surface area contributed by atoms with E-state index in [0.29, 0.717) is 11.1 Å². The van der Waals surface area contributed by atoms with E-state index in [9.17, 15) is 14.9 Å². The summed E-state index contributed by atoms with van der Waals surface area (Å²) in [5.74, 6) is -0.410. The van der Waals surface area contributed by atoms with Crippen molar-refractivity contribution in [3.8, 4) is 16.9 Å². The molecule has 2 aromatic carbocycles. The zero-order valence-electron chi connectivity index (χ0n) is 12.2. The Morgan fingerprint density at radius 2 is 1.82 bits per heavy atom. The minimum absolute atomic E-state index is 0.0803. The summed E-state index contributed by atoms with van der Waals surface area (Å²) in [5.41, 5.74) is 1.80. The van der Waals surface area contributed by atoms with Gasteiger partial charge >= 0.3 is 11.7 Å². The number of carbonyl (C=O) groups is 1. The van der Waals surface area contributed by atoms with Crippen LogP contribution in [0.25, 0.3) is 11.1 Å². The Kier molecular flexibility index (Phi) is 4.73. The van der Waals surface area contributed by atoms with Crippen molar-refractivity contribution in [2.45, 2.75) is 6.42 Å². The molecule has 0 radical (unpaired) electrons. The lowest BCUT2D eigenvalue weighted by Gasteiger charge is -2.13. The maximum absolute atomic E-state index is 11.7. The summed E-state index contributed by atoms with van der Waals surface area (Å²) in [5, 5.41) is 11.1. The number of hydrogen-bond donors (Lipinski definition) is 0. The molecule has 0 heterocycles. The first-order chi connectivity index (χ1) is 10.6. The molecule has 2 aromatic rings. The number of nitrogens with zero attached hydrogens (tertiary/aromatic N) is 1. The van der Waals surface area contributed by atoms with Crippen molar-refractivity contribution in [1.29, 1.82) is 0 Å². The third kappa shape index (κ3) is 3.06. The molecule has 0 fully saturated rings. The molecule has 0 atom stereocenters. The van der Waals surface area contributed by atoms with Crippen LogP contribution in [0.4, 0.5) is 5.69 Å². The van der Waals surface area contributed by atoms with E-state index in [1.165, 1.54) is 20.3 Å². The van der Waals surface area contributed by atoms with E-state index in [2.05, 4.69) is 4.74 Å². The molecule has 0 spiro atoms. The van der Waals surface area contributed by atoms with Crippen LogP contribution in [0.3, 0.4) is 0 Å². The van der Waals surface area contributed by atoms with Crippen molar-refractivity contribution in [2.24, 2.45) is 0 Å². The monoisotopic (exact) mass is 301 g/mol. The zero-order chi connectivity index (χ0) is 16.1. The van der Waals surface area contributed by atoms with E-state index in [1.54, 1.807) is 6.07 Å². The number of nitro benzene ring substituents is 1. The van der Waals surface area contributed by atoms with Crippen molar-refractivity contribution >= 4 is 11.7 Å². The fourth-order valence-electron chi connectivity index (χ4n) is 2.27. The average molecular weight is 301 g/mol. The standard InChI is InChI=1S/C16H15NO5/c1-21-15(18)10-13-12(11-6-4-3-5-7-11)8-9-14(17(19)20)16(13)22-2/h3-9H,10H2,1-2H3. The van der Waals surface area contributed by atoms with Crippen LogP contribution in [0, 0.1) is 10.1 Å². The second kappa shape index (κ2) is 6.71. The molecule has 0 saturated carbocycles. The average Bonchev–Trinajstić information content (AvgIpc) is 2.54. The Bertz CT molecular complexity index is 697. The van der Waals surface area contributed by atoms with Gasteiger partial charge in [-0.1, -0.05) is 30.3 Å². The summed E-state index contributed by atoms with van der Waals surface area (Å²) in [6.07, 6.45) is -0.106. The predicted octanol–water partition coefficient (Wildman–Crippen LogP) is 2.99. The number of nitro groups is 1. The van der Waals surface area contributed by atoms with Crippen LogP contribution < -0.4 is 4.74 Å². The van der Waals surface area contributed by atoms with Crippen LogP contribution in [0.5, 0.6) is 5.75 Å². The molecule has 6 nitrogen and oxygen atoms in total. The van der Waals surface area contributed by atoms with Gasteiger partial charge in [0.05, 0.1) is 25.6 Å². The molecule has 0 N–H and O–H groups in total. The van der Waals surface area contributed by atoms with Crippen LogP contribution in [0.2, 0.25) is 0 Å². The van der Waals surface area contributed by atoms with Crippen LogP contribution in [-0.2, 0) is 16.0 Å². The van der Waals surface area contributed by atoms with Crippen LogP contribution in [0.15, 0.2) is 42.5 Å². The number of hydrogen-bond acceptors (Lipinski definition) is 5. The topological polar surface area (TPSA) is 78.7 Å². The highest BCUT2D eigenvalue weighted by Gasteiger charge is 2.24. The Labute approximate surface area is 127 Å². The fourth-order valence-corrected chi connectivity index (χ4v) is 2.27. The lowest BCUT2D eigenvalue weighted by atomic mass is 9.96. The SMILES string of the molecule is COC(=O)Cc1c(-c2ccccc2)ccc([N+](=O)[O-])c1OC. The quantitative estimate of drug-likeness (QED) is 0.482. The van der Waals surface area contributed by atoms with Gasteiger partial charge in [0.2, 0.25) is 5.75 Å². The molecule has 22 heavy (non-hydrogen) atoms. The minimum Gasteiger partial charge on any atom is -0.490 e.